The van der Waals surface area contributed by atoms with E-state index in [1.54, 1.807) is 34.6 Å². The van der Waals surface area contributed by atoms with Crippen molar-refractivity contribution in [2.75, 3.05) is 19.3 Å². The van der Waals surface area contributed by atoms with Crippen LogP contribution in [0.2, 0.25) is 0 Å². The summed E-state index contributed by atoms with van der Waals surface area (Å²) in [7, 11) is 0. The second kappa shape index (κ2) is 7.56. The van der Waals surface area contributed by atoms with Crippen LogP contribution in [0.3, 0.4) is 0 Å². The number of carbonyl (C=O) groups is 1. The normalized spacial score (nSPS) is 10.6. The molecule has 0 N–H and O–H groups in total. The molecule has 0 radical (unpaired) electrons. The molecular formula is C15H19N3OS2. The first kappa shape index (κ1) is 16.0. The molecule has 1 heterocycles. The maximum atomic E-state index is 12.2. The Balaban J connectivity index is 2.11. The first-order valence-corrected chi connectivity index (χ1v) is 8.89. The van der Waals surface area contributed by atoms with E-state index >= 15 is 0 Å². The number of rotatable bonds is 5. The lowest BCUT2D eigenvalue weighted by Gasteiger charge is -2.17. The van der Waals surface area contributed by atoms with E-state index < -0.39 is 0 Å². The summed E-state index contributed by atoms with van der Waals surface area (Å²) in [6, 6.07) is 10.1. The smallest absolute Gasteiger partial charge is 0.323 e. The molecule has 0 spiro atoms. The van der Waals surface area contributed by atoms with Crippen LogP contribution in [-0.4, -0.2) is 40.1 Å². The molecule has 0 saturated carbocycles. The predicted octanol–water partition coefficient (Wildman–Crippen LogP) is 4.07. The van der Waals surface area contributed by atoms with Gasteiger partial charge in [0.1, 0.15) is 5.03 Å². The molecule has 1 aromatic carbocycles. The molecule has 2 aromatic rings. The highest BCUT2D eigenvalue weighted by Crippen LogP contribution is 2.28. The number of hydrogen-bond acceptors (Lipinski definition) is 4. The molecule has 1 aromatic heterocycles. The quantitative estimate of drug-likeness (QED) is 0.778. The molecule has 0 aliphatic heterocycles. The Labute approximate surface area is 133 Å². The van der Waals surface area contributed by atoms with E-state index in [0.717, 1.165) is 9.92 Å². The molecule has 0 aliphatic carbocycles. The third-order valence-electron chi connectivity index (χ3n) is 3.06. The molecule has 21 heavy (non-hydrogen) atoms. The Kier molecular flexibility index (Phi) is 5.76. The van der Waals surface area contributed by atoms with E-state index in [9.17, 15) is 4.79 Å². The topological polar surface area (TPSA) is 38.1 Å². The molecule has 6 heteroatoms. The maximum Gasteiger partial charge on any atom is 0.344 e. The van der Waals surface area contributed by atoms with Crippen LogP contribution in [0.5, 0.6) is 0 Å². The van der Waals surface area contributed by atoms with Gasteiger partial charge in [0.25, 0.3) is 0 Å². The summed E-state index contributed by atoms with van der Waals surface area (Å²) in [5, 5.41) is 5.19. The molecular weight excluding hydrogens is 302 g/mol. The van der Waals surface area contributed by atoms with Gasteiger partial charge < -0.3 is 4.90 Å². The second-order valence-corrected chi connectivity index (χ2v) is 6.31. The van der Waals surface area contributed by atoms with Crippen LogP contribution in [0.15, 0.2) is 51.3 Å². The molecule has 0 aliphatic rings. The number of hydrogen-bond donors (Lipinski definition) is 0. The maximum absolute atomic E-state index is 12.2. The third-order valence-corrected chi connectivity index (χ3v) is 4.70. The second-order valence-electron chi connectivity index (χ2n) is 4.33. The van der Waals surface area contributed by atoms with Crippen molar-refractivity contribution in [1.29, 1.82) is 0 Å². The highest BCUT2D eigenvalue weighted by Gasteiger charge is 2.13. The SMILES string of the molecule is CCN(CC)C(=O)n1ccc(Sc2cccc(SC)c2)n1. The van der Waals surface area contributed by atoms with Crippen molar-refractivity contribution >= 4 is 29.6 Å². The summed E-state index contributed by atoms with van der Waals surface area (Å²) in [6.07, 6.45) is 3.78. The fraction of sp³-hybridized carbons (Fsp3) is 0.333. The molecule has 0 atom stereocenters. The number of benzene rings is 1. The molecule has 0 saturated heterocycles. The first-order chi connectivity index (χ1) is 10.2. The molecule has 1 amide bonds. The molecule has 0 bridgehead atoms. The zero-order valence-corrected chi connectivity index (χ0v) is 14.1. The van der Waals surface area contributed by atoms with Crippen molar-refractivity contribution < 1.29 is 4.79 Å². The summed E-state index contributed by atoms with van der Waals surface area (Å²) in [4.78, 5) is 16.3. The fourth-order valence-corrected chi connectivity index (χ4v) is 3.26. The summed E-state index contributed by atoms with van der Waals surface area (Å²) in [5.41, 5.74) is 0. The van der Waals surface area contributed by atoms with Crippen LogP contribution in [0.25, 0.3) is 0 Å². The Morgan fingerprint density at radius 1 is 1.24 bits per heavy atom. The highest BCUT2D eigenvalue weighted by atomic mass is 32.2. The molecule has 2 rings (SSSR count). The van der Waals surface area contributed by atoms with Gasteiger partial charge in [-0.3, -0.25) is 0 Å². The van der Waals surface area contributed by atoms with Crippen LogP contribution in [0, 0.1) is 0 Å². The molecule has 112 valence electrons. The van der Waals surface area contributed by atoms with Crippen LogP contribution >= 0.6 is 23.5 Å². The van der Waals surface area contributed by atoms with Gasteiger partial charge in [0, 0.05) is 29.1 Å². The lowest BCUT2D eigenvalue weighted by atomic mass is 10.4. The van der Waals surface area contributed by atoms with E-state index in [2.05, 4.69) is 29.6 Å². The van der Waals surface area contributed by atoms with Crippen LogP contribution in [0.1, 0.15) is 13.8 Å². The molecule has 4 nitrogen and oxygen atoms in total. The molecule has 0 unspecified atom stereocenters. The Morgan fingerprint density at radius 2 is 1.95 bits per heavy atom. The van der Waals surface area contributed by atoms with E-state index in [-0.39, 0.29) is 6.03 Å². The average molecular weight is 321 g/mol. The zero-order valence-electron chi connectivity index (χ0n) is 12.4. The molecule has 0 fully saturated rings. The first-order valence-electron chi connectivity index (χ1n) is 6.84. The van der Waals surface area contributed by atoms with Crippen molar-refractivity contribution in [3.63, 3.8) is 0 Å². The van der Waals surface area contributed by atoms with Gasteiger partial charge in [-0.25, -0.2) is 4.79 Å². The minimum absolute atomic E-state index is 0.0790. The Hall–Kier alpha value is -1.40. The summed E-state index contributed by atoms with van der Waals surface area (Å²) >= 11 is 3.28. The van der Waals surface area contributed by atoms with Gasteiger partial charge in [0.05, 0.1) is 0 Å². The number of aromatic nitrogens is 2. The van der Waals surface area contributed by atoms with E-state index in [4.69, 9.17) is 0 Å². The average Bonchev–Trinajstić information content (AvgIpc) is 2.97. The number of thioether (sulfide) groups is 1. The zero-order chi connectivity index (χ0) is 15.2. The van der Waals surface area contributed by atoms with Crippen molar-refractivity contribution in [3.05, 3.63) is 36.5 Å². The summed E-state index contributed by atoms with van der Waals surface area (Å²) in [5.74, 6) is 0. The third kappa shape index (κ3) is 4.04. The van der Waals surface area contributed by atoms with Crippen molar-refractivity contribution in [3.8, 4) is 0 Å². The van der Waals surface area contributed by atoms with Gasteiger partial charge in [0.15, 0.2) is 0 Å². The van der Waals surface area contributed by atoms with Gasteiger partial charge in [0.2, 0.25) is 0 Å². The number of carbonyl (C=O) groups excluding carboxylic acids is 1. The Bertz CT molecular complexity index is 608. The summed E-state index contributed by atoms with van der Waals surface area (Å²) in [6.45, 7) is 5.31. The van der Waals surface area contributed by atoms with E-state index in [0.29, 0.717) is 13.1 Å². The van der Waals surface area contributed by atoms with Crippen molar-refractivity contribution in [2.45, 2.75) is 28.7 Å². The standard InChI is InChI=1S/C15H19N3OS2/c1-4-17(5-2)15(19)18-10-9-14(16-18)21-13-8-6-7-12(11-13)20-3/h6-11H,4-5H2,1-3H3. The van der Waals surface area contributed by atoms with E-state index in [1.165, 1.54) is 9.58 Å². The van der Waals surface area contributed by atoms with Gasteiger partial charge >= 0.3 is 6.03 Å². The van der Waals surface area contributed by atoms with Crippen LogP contribution < -0.4 is 0 Å². The summed E-state index contributed by atoms with van der Waals surface area (Å²) < 4.78 is 1.41. The van der Waals surface area contributed by atoms with Gasteiger partial charge in [-0.05, 0) is 44.4 Å². The Morgan fingerprint density at radius 3 is 2.62 bits per heavy atom. The highest BCUT2D eigenvalue weighted by molar-refractivity contribution is 7.99. The van der Waals surface area contributed by atoms with Crippen molar-refractivity contribution in [1.82, 2.24) is 14.7 Å². The van der Waals surface area contributed by atoms with Gasteiger partial charge in [-0.2, -0.15) is 9.78 Å². The number of nitrogens with zero attached hydrogens (tertiary/aromatic N) is 3. The van der Waals surface area contributed by atoms with Crippen LogP contribution in [0.4, 0.5) is 4.79 Å². The fourth-order valence-electron chi connectivity index (χ4n) is 1.89. The lowest BCUT2D eigenvalue weighted by molar-refractivity contribution is 0.201. The monoisotopic (exact) mass is 321 g/mol. The number of amides is 1. The largest absolute Gasteiger partial charge is 0.344 e. The van der Waals surface area contributed by atoms with Gasteiger partial charge in [-0.1, -0.05) is 17.8 Å². The predicted molar refractivity (Wildman–Crippen MR) is 88.3 cm³/mol. The minimum atomic E-state index is -0.0790. The minimum Gasteiger partial charge on any atom is -0.323 e. The lowest BCUT2D eigenvalue weighted by Crippen LogP contribution is -2.34. The van der Waals surface area contributed by atoms with Crippen LogP contribution in [-0.2, 0) is 0 Å². The van der Waals surface area contributed by atoms with E-state index in [1.807, 2.05) is 26.0 Å². The van der Waals surface area contributed by atoms with Crippen molar-refractivity contribution in [2.24, 2.45) is 0 Å². The van der Waals surface area contributed by atoms with Gasteiger partial charge in [-0.15, -0.1) is 11.8 Å².